The highest BCUT2D eigenvalue weighted by atomic mass is 16.2. The fraction of sp³-hybridized carbons (Fsp3) is 0.321. The van der Waals surface area contributed by atoms with Crippen LogP contribution in [-0.4, -0.2) is 41.5 Å². The minimum atomic E-state index is 0.0413. The zero-order valence-corrected chi connectivity index (χ0v) is 19.5. The van der Waals surface area contributed by atoms with E-state index in [0.717, 1.165) is 28.2 Å². The molecule has 2 aromatic carbocycles. The Labute approximate surface area is 196 Å². The van der Waals surface area contributed by atoms with Crippen LogP contribution in [0, 0.1) is 11.3 Å². The van der Waals surface area contributed by atoms with Gasteiger partial charge < -0.3 is 9.80 Å². The number of nitrogens with zero attached hydrogens (tertiary/aromatic N) is 4. The molecule has 0 N–H and O–H groups in total. The van der Waals surface area contributed by atoms with Gasteiger partial charge in [0.15, 0.2) is 0 Å². The number of benzene rings is 2. The molecule has 1 fully saturated rings. The molecular formula is C28H30N4O. The number of anilines is 1. The summed E-state index contributed by atoms with van der Waals surface area (Å²) in [5.41, 5.74) is 4.68. The molecule has 2 heterocycles. The molecule has 0 unspecified atom stereocenters. The van der Waals surface area contributed by atoms with Crippen LogP contribution in [-0.2, 0) is 11.2 Å². The Morgan fingerprint density at radius 3 is 2.36 bits per heavy atom. The topological polar surface area (TPSA) is 60.2 Å². The molecular weight excluding hydrogens is 408 g/mol. The average molecular weight is 439 g/mol. The summed E-state index contributed by atoms with van der Waals surface area (Å²) in [6.45, 7) is 8.28. The maximum absolute atomic E-state index is 12.9. The summed E-state index contributed by atoms with van der Waals surface area (Å²) in [6, 6.07) is 24.4. The van der Waals surface area contributed by atoms with Gasteiger partial charge in [0.05, 0.1) is 17.7 Å². The SMILES string of the molecule is CC(C)c1nc(N2CCN(C(=O)Cc3ccccc3)[C@H](C)C2)c(C#N)cc1-c1ccccc1. The van der Waals surface area contributed by atoms with E-state index in [4.69, 9.17) is 4.98 Å². The Hall–Kier alpha value is -3.65. The maximum Gasteiger partial charge on any atom is 0.227 e. The average Bonchev–Trinajstić information content (AvgIpc) is 2.84. The number of rotatable bonds is 5. The van der Waals surface area contributed by atoms with Crippen LogP contribution in [0.3, 0.4) is 0 Å². The third kappa shape index (κ3) is 4.90. The minimum absolute atomic E-state index is 0.0413. The first-order valence-electron chi connectivity index (χ1n) is 11.6. The van der Waals surface area contributed by atoms with E-state index in [1.807, 2.05) is 59.5 Å². The van der Waals surface area contributed by atoms with E-state index in [-0.39, 0.29) is 17.9 Å². The van der Waals surface area contributed by atoms with Gasteiger partial charge in [-0.1, -0.05) is 74.5 Å². The molecule has 0 spiro atoms. The summed E-state index contributed by atoms with van der Waals surface area (Å²) in [6.07, 6.45) is 0.413. The third-order valence-electron chi connectivity index (χ3n) is 6.23. The van der Waals surface area contributed by atoms with E-state index in [0.29, 0.717) is 31.6 Å². The molecule has 33 heavy (non-hydrogen) atoms. The van der Waals surface area contributed by atoms with E-state index in [1.54, 1.807) is 0 Å². The standard InChI is InChI=1S/C28H30N4O/c1-20(2)27-25(23-12-8-5-9-13-23)17-24(18-29)28(30-27)31-14-15-32(21(3)19-31)26(33)16-22-10-6-4-7-11-22/h4-13,17,20-21H,14-16,19H2,1-3H3/t21-/m1/s1. The fourth-order valence-electron chi connectivity index (χ4n) is 4.52. The van der Waals surface area contributed by atoms with Gasteiger partial charge in [-0.25, -0.2) is 4.98 Å². The minimum Gasteiger partial charge on any atom is -0.352 e. The van der Waals surface area contributed by atoms with Crippen molar-refractivity contribution < 1.29 is 4.79 Å². The quantitative estimate of drug-likeness (QED) is 0.561. The van der Waals surface area contributed by atoms with Crippen LogP contribution >= 0.6 is 0 Å². The first kappa shape index (κ1) is 22.5. The summed E-state index contributed by atoms with van der Waals surface area (Å²) >= 11 is 0. The molecule has 0 bridgehead atoms. The normalized spacial score (nSPS) is 16.0. The summed E-state index contributed by atoms with van der Waals surface area (Å²) in [5.74, 6) is 1.09. The number of carbonyl (C=O) groups is 1. The van der Waals surface area contributed by atoms with Crippen molar-refractivity contribution in [1.29, 1.82) is 5.26 Å². The van der Waals surface area contributed by atoms with Crippen molar-refractivity contribution in [2.75, 3.05) is 24.5 Å². The molecule has 5 nitrogen and oxygen atoms in total. The van der Waals surface area contributed by atoms with Gasteiger partial charge in [-0.3, -0.25) is 4.79 Å². The second kappa shape index (κ2) is 9.87. The van der Waals surface area contributed by atoms with Crippen LogP contribution in [0.4, 0.5) is 5.82 Å². The Kier molecular flexibility index (Phi) is 6.74. The summed E-state index contributed by atoms with van der Waals surface area (Å²) < 4.78 is 0. The number of hydrogen-bond donors (Lipinski definition) is 0. The van der Waals surface area contributed by atoms with E-state index in [9.17, 15) is 10.1 Å². The van der Waals surface area contributed by atoms with Gasteiger partial charge in [-0.05, 0) is 30.0 Å². The number of hydrogen-bond acceptors (Lipinski definition) is 4. The second-order valence-corrected chi connectivity index (χ2v) is 8.97. The van der Waals surface area contributed by atoms with Gasteiger partial charge in [0.1, 0.15) is 11.9 Å². The Balaban J connectivity index is 1.58. The number of amides is 1. The molecule has 1 aliphatic rings. The number of carbonyl (C=O) groups excluding carboxylic acids is 1. The van der Waals surface area contributed by atoms with Crippen molar-refractivity contribution >= 4 is 11.7 Å². The highest BCUT2D eigenvalue weighted by molar-refractivity contribution is 5.79. The van der Waals surface area contributed by atoms with Crippen LogP contribution in [0.2, 0.25) is 0 Å². The van der Waals surface area contributed by atoms with Gasteiger partial charge in [0.2, 0.25) is 5.91 Å². The van der Waals surface area contributed by atoms with Gasteiger partial charge in [-0.2, -0.15) is 5.26 Å². The van der Waals surface area contributed by atoms with Gasteiger partial charge in [0.25, 0.3) is 0 Å². The Bertz CT molecular complexity index is 1150. The van der Waals surface area contributed by atoms with E-state index in [2.05, 4.69) is 43.9 Å². The van der Waals surface area contributed by atoms with E-state index < -0.39 is 0 Å². The number of aromatic nitrogens is 1. The van der Waals surface area contributed by atoms with E-state index in [1.165, 1.54) is 0 Å². The van der Waals surface area contributed by atoms with Crippen LogP contribution < -0.4 is 4.90 Å². The van der Waals surface area contributed by atoms with Crippen molar-refractivity contribution in [3.8, 4) is 17.2 Å². The van der Waals surface area contributed by atoms with E-state index >= 15 is 0 Å². The highest BCUT2D eigenvalue weighted by Crippen LogP contribution is 2.33. The van der Waals surface area contributed by atoms with Crippen LogP contribution in [0.25, 0.3) is 11.1 Å². The first-order valence-corrected chi connectivity index (χ1v) is 11.6. The molecule has 1 atom stereocenters. The zero-order chi connectivity index (χ0) is 23.4. The molecule has 0 saturated carbocycles. The Morgan fingerprint density at radius 2 is 1.76 bits per heavy atom. The summed E-state index contributed by atoms with van der Waals surface area (Å²) in [4.78, 5) is 22.1. The van der Waals surface area contributed by atoms with Crippen molar-refractivity contribution in [2.24, 2.45) is 0 Å². The van der Waals surface area contributed by atoms with Crippen LogP contribution in [0.15, 0.2) is 66.7 Å². The lowest BCUT2D eigenvalue weighted by atomic mass is 9.95. The van der Waals surface area contributed by atoms with Crippen LogP contribution in [0.1, 0.15) is 43.5 Å². The van der Waals surface area contributed by atoms with Gasteiger partial charge in [-0.15, -0.1) is 0 Å². The molecule has 0 radical (unpaired) electrons. The maximum atomic E-state index is 12.9. The monoisotopic (exact) mass is 438 g/mol. The Morgan fingerprint density at radius 1 is 1.09 bits per heavy atom. The molecule has 4 rings (SSSR count). The van der Waals surface area contributed by atoms with Crippen molar-refractivity contribution in [3.63, 3.8) is 0 Å². The molecule has 1 aromatic heterocycles. The van der Waals surface area contributed by atoms with Crippen LogP contribution in [0.5, 0.6) is 0 Å². The van der Waals surface area contributed by atoms with Gasteiger partial charge >= 0.3 is 0 Å². The van der Waals surface area contributed by atoms with Crippen molar-refractivity contribution in [3.05, 3.63) is 83.6 Å². The molecule has 5 heteroatoms. The predicted octanol–water partition coefficient (Wildman–Crippen LogP) is 5.02. The number of nitriles is 1. The zero-order valence-electron chi connectivity index (χ0n) is 19.5. The third-order valence-corrected chi connectivity index (χ3v) is 6.23. The largest absolute Gasteiger partial charge is 0.352 e. The molecule has 1 amide bonds. The first-order chi connectivity index (χ1) is 16.0. The fourth-order valence-corrected chi connectivity index (χ4v) is 4.52. The molecule has 0 aliphatic carbocycles. The predicted molar refractivity (Wildman–Crippen MR) is 132 cm³/mol. The lowest BCUT2D eigenvalue weighted by molar-refractivity contribution is -0.132. The second-order valence-electron chi connectivity index (χ2n) is 8.97. The molecule has 168 valence electrons. The smallest absolute Gasteiger partial charge is 0.227 e. The number of pyridine rings is 1. The molecule has 1 aliphatic heterocycles. The lowest BCUT2D eigenvalue weighted by Gasteiger charge is -2.41. The summed E-state index contributed by atoms with van der Waals surface area (Å²) in [7, 11) is 0. The molecule has 1 saturated heterocycles. The van der Waals surface area contributed by atoms with Gasteiger partial charge in [0, 0.05) is 31.2 Å². The highest BCUT2D eigenvalue weighted by Gasteiger charge is 2.30. The number of piperazine rings is 1. The molecule has 3 aromatic rings. The lowest BCUT2D eigenvalue weighted by Crippen LogP contribution is -2.54. The van der Waals surface area contributed by atoms with Crippen molar-refractivity contribution in [2.45, 2.75) is 39.2 Å². The van der Waals surface area contributed by atoms with Crippen molar-refractivity contribution in [1.82, 2.24) is 9.88 Å². The summed E-state index contributed by atoms with van der Waals surface area (Å²) in [5, 5.41) is 9.94.